The van der Waals surface area contributed by atoms with Gasteiger partial charge in [0, 0.05) is 5.39 Å². The maximum absolute atomic E-state index is 10.4. The van der Waals surface area contributed by atoms with Crippen LogP contribution in [0.1, 0.15) is 0 Å². The topological polar surface area (TPSA) is 20.2 Å². The summed E-state index contributed by atoms with van der Waals surface area (Å²) < 4.78 is 0. The van der Waals surface area contributed by atoms with Gasteiger partial charge in [0.1, 0.15) is 45.0 Å². The molecule has 3 rings (SSSR count). The Balaban J connectivity index is 2.38. The molecule has 0 heterocycles. The van der Waals surface area contributed by atoms with Crippen molar-refractivity contribution in [2.24, 2.45) is 0 Å². The molecule has 0 aromatic heterocycles. The first kappa shape index (κ1) is 15.0. The van der Waals surface area contributed by atoms with Crippen molar-refractivity contribution in [1.82, 2.24) is 0 Å². The van der Waals surface area contributed by atoms with Crippen molar-refractivity contribution >= 4 is 77.3 Å². The summed E-state index contributed by atoms with van der Waals surface area (Å²) in [5.41, 5.74) is 8.99. The average Bonchev–Trinajstić information content (AvgIpc) is 2.51. The van der Waals surface area contributed by atoms with Crippen molar-refractivity contribution in [3.63, 3.8) is 0 Å². The van der Waals surface area contributed by atoms with Gasteiger partial charge in [0.15, 0.2) is 0 Å². The van der Waals surface area contributed by atoms with Crippen LogP contribution in [0.25, 0.3) is 21.9 Å². The van der Waals surface area contributed by atoms with Crippen molar-refractivity contribution in [3.05, 3.63) is 36.4 Å². The van der Waals surface area contributed by atoms with Gasteiger partial charge in [-0.25, -0.2) is 0 Å². The Morgan fingerprint density at radius 3 is 1.86 bits per heavy atom. The molecule has 0 radical (unpaired) electrons. The maximum Gasteiger partial charge on any atom is 0.139 e. The zero-order valence-electron chi connectivity index (χ0n) is 13.9. The number of hydrogen-bond acceptors (Lipinski definition) is 1. The molecule has 0 atom stereocenters. The van der Waals surface area contributed by atoms with E-state index in [1.807, 2.05) is 24.3 Å². The Hall–Kier alpha value is -1.96. The lowest BCUT2D eigenvalue weighted by atomic mass is 9.59. The Labute approximate surface area is 136 Å². The second-order valence-electron chi connectivity index (χ2n) is 6.22. The molecule has 102 valence electrons. The number of aromatic hydroxyl groups is 1. The van der Waals surface area contributed by atoms with Crippen molar-refractivity contribution in [2.75, 3.05) is 0 Å². The molecule has 3 aromatic rings. The van der Waals surface area contributed by atoms with Gasteiger partial charge in [-0.3, -0.25) is 0 Å². The van der Waals surface area contributed by atoms with Crippen LogP contribution in [0.15, 0.2) is 36.4 Å². The van der Waals surface area contributed by atoms with Crippen molar-refractivity contribution in [2.45, 2.75) is 0 Å². The third-order valence-corrected chi connectivity index (χ3v) is 5.13. The van der Waals surface area contributed by atoms with Crippen LogP contribution >= 0.6 is 0 Å². The van der Waals surface area contributed by atoms with E-state index in [4.69, 9.17) is 0 Å². The third-order valence-electron chi connectivity index (χ3n) is 5.13. The normalized spacial score (nSPS) is 10.9. The molecule has 0 unspecified atom stereocenters. The second kappa shape index (κ2) is 5.35. The van der Waals surface area contributed by atoms with Crippen molar-refractivity contribution in [1.29, 1.82) is 0 Å². The summed E-state index contributed by atoms with van der Waals surface area (Å²) in [5.74, 6) is 0.350. The van der Waals surface area contributed by atoms with Crippen LogP contribution in [0.3, 0.4) is 0 Å². The summed E-state index contributed by atoms with van der Waals surface area (Å²) in [6.07, 6.45) is 0. The fraction of sp³-hybridized carbons (Fsp3) is 0. The molecule has 0 aliphatic carbocycles. The van der Waals surface area contributed by atoms with Crippen LogP contribution in [-0.4, -0.2) is 44.3 Å². The van der Waals surface area contributed by atoms with Crippen molar-refractivity contribution < 1.29 is 5.11 Å². The number of fused-ring (bicyclic) bond motifs is 1. The predicted octanol–water partition coefficient (Wildman–Crippen LogP) is -4.50. The number of phenols is 1. The molecule has 0 amide bonds. The zero-order valence-corrected chi connectivity index (χ0v) is 13.9. The summed E-state index contributed by atoms with van der Waals surface area (Å²) in [6, 6.07) is 12.1. The highest BCUT2D eigenvalue weighted by Crippen LogP contribution is 2.30. The molecule has 6 heteroatoms. The van der Waals surface area contributed by atoms with Gasteiger partial charge >= 0.3 is 0 Å². The summed E-state index contributed by atoms with van der Waals surface area (Å²) in [7, 11) is 10.9. The van der Waals surface area contributed by atoms with E-state index in [9.17, 15) is 5.11 Å². The summed E-state index contributed by atoms with van der Waals surface area (Å²) >= 11 is 0. The summed E-state index contributed by atoms with van der Waals surface area (Å²) in [5, 5.41) is 12.4. The molecule has 0 spiro atoms. The van der Waals surface area contributed by atoms with Gasteiger partial charge in [-0.1, -0.05) is 35.2 Å². The molecule has 0 bridgehead atoms. The minimum absolute atomic E-state index is 0.350. The van der Waals surface area contributed by atoms with Crippen LogP contribution in [0, 0.1) is 0 Å². The smallest absolute Gasteiger partial charge is 0.139 e. The Kier molecular flexibility index (Phi) is 3.64. The largest absolute Gasteiger partial charge is 0.507 e. The first-order valence-corrected chi connectivity index (χ1v) is 7.71. The molecular formula is C16H17B5O. The van der Waals surface area contributed by atoms with Gasteiger partial charge in [-0.2, -0.15) is 0 Å². The third kappa shape index (κ3) is 2.18. The molecule has 0 saturated carbocycles. The second-order valence-corrected chi connectivity index (χ2v) is 6.22. The predicted molar refractivity (Wildman–Crippen MR) is 112 cm³/mol. The molecule has 1 N–H and O–H groups in total. The Morgan fingerprint density at radius 2 is 1.23 bits per heavy atom. The first-order valence-electron chi connectivity index (χ1n) is 7.71. The lowest BCUT2D eigenvalue weighted by Gasteiger charge is -2.21. The first-order chi connectivity index (χ1) is 10.4. The van der Waals surface area contributed by atoms with E-state index in [2.05, 4.69) is 51.4 Å². The van der Waals surface area contributed by atoms with Gasteiger partial charge < -0.3 is 5.11 Å². The van der Waals surface area contributed by atoms with Crippen LogP contribution in [-0.2, 0) is 0 Å². The van der Waals surface area contributed by atoms with E-state index in [0.717, 1.165) is 16.3 Å². The highest BCUT2D eigenvalue weighted by molar-refractivity contribution is 6.68. The van der Waals surface area contributed by atoms with E-state index in [1.165, 1.54) is 32.9 Å². The molecule has 0 fully saturated rings. The Bertz CT molecular complexity index is 876. The molecule has 0 aliphatic rings. The van der Waals surface area contributed by atoms with E-state index in [-0.39, 0.29) is 0 Å². The van der Waals surface area contributed by atoms with E-state index in [1.54, 1.807) is 0 Å². The zero-order chi connectivity index (χ0) is 16.0. The van der Waals surface area contributed by atoms with Crippen LogP contribution in [0.2, 0.25) is 0 Å². The molecule has 0 aliphatic heterocycles. The fourth-order valence-electron chi connectivity index (χ4n) is 3.37. The maximum atomic E-state index is 10.4. The van der Waals surface area contributed by atoms with Gasteiger partial charge in [-0.05, 0) is 28.6 Å². The SMILES string of the molecule is Bc1c(B)c(B)c(-c2cc(O)c3ccccc3c2)c(B)c1B. The summed E-state index contributed by atoms with van der Waals surface area (Å²) in [6.45, 7) is 0. The molecule has 22 heavy (non-hydrogen) atoms. The lowest BCUT2D eigenvalue weighted by Crippen LogP contribution is -2.55. The van der Waals surface area contributed by atoms with Crippen LogP contribution < -0.4 is 27.3 Å². The Morgan fingerprint density at radius 1 is 0.682 bits per heavy atom. The van der Waals surface area contributed by atoms with Crippen LogP contribution in [0.5, 0.6) is 5.75 Å². The number of benzene rings is 3. The fourth-order valence-corrected chi connectivity index (χ4v) is 3.37. The van der Waals surface area contributed by atoms with E-state index in [0.29, 0.717) is 5.75 Å². The van der Waals surface area contributed by atoms with Gasteiger partial charge in [-0.15, -0.1) is 16.4 Å². The lowest BCUT2D eigenvalue weighted by molar-refractivity contribution is 0.482. The number of phenolic OH excluding ortho intramolecular Hbond substituents is 1. The monoisotopic (exact) mass is 280 g/mol. The van der Waals surface area contributed by atoms with E-state index >= 15 is 0 Å². The molecule has 1 nitrogen and oxygen atoms in total. The molecule has 3 aromatic carbocycles. The standard InChI is InChI=1S/C16H17B5O/c17-12-11(13(18)15(20)16(21)14(12)19)8-5-7-3-1-2-4-9(7)10(22)6-8/h1-6,22H,17-21H2. The van der Waals surface area contributed by atoms with Gasteiger partial charge in [0.25, 0.3) is 0 Å². The highest BCUT2D eigenvalue weighted by atomic mass is 16.3. The van der Waals surface area contributed by atoms with Gasteiger partial charge in [0.05, 0.1) is 0 Å². The quantitative estimate of drug-likeness (QED) is 0.445. The minimum Gasteiger partial charge on any atom is -0.507 e. The molecular weight excluding hydrogens is 262 g/mol. The highest BCUT2D eigenvalue weighted by Gasteiger charge is 2.14. The summed E-state index contributed by atoms with van der Waals surface area (Å²) in [4.78, 5) is 0. The van der Waals surface area contributed by atoms with Crippen LogP contribution in [0.4, 0.5) is 0 Å². The number of rotatable bonds is 1. The number of hydrogen-bond donors (Lipinski definition) is 1. The van der Waals surface area contributed by atoms with Crippen molar-refractivity contribution in [3.8, 4) is 16.9 Å². The van der Waals surface area contributed by atoms with Gasteiger partial charge in [0.2, 0.25) is 0 Å². The minimum atomic E-state index is 0.350. The van der Waals surface area contributed by atoms with E-state index < -0.39 is 0 Å². The molecule has 0 saturated heterocycles. The average molecular weight is 279 g/mol.